The zero-order valence-electron chi connectivity index (χ0n) is 11.0. The van der Waals surface area contributed by atoms with Crippen molar-refractivity contribution in [2.45, 2.75) is 39.7 Å². The van der Waals surface area contributed by atoms with E-state index in [2.05, 4.69) is 12.2 Å². The van der Waals surface area contributed by atoms with Crippen molar-refractivity contribution in [2.24, 2.45) is 0 Å². The first kappa shape index (κ1) is 16.4. The number of hydrogen-bond donors (Lipinski definition) is 1. The highest BCUT2D eigenvalue weighted by Crippen LogP contribution is 2.01. The van der Waals surface area contributed by atoms with Crippen LogP contribution in [0.1, 0.15) is 33.6 Å². The molecule has 0 rings (SSSR count). The van der Waals surface area contributed by atoms with Gasteiger partial charge in [-0.2, -0.15) is 11.8 Å². The maximum atomic E-state index is 11.4. The predicted octanol–water partition coefficient (Wildman–Crippen LogP) is 1.63. The lowest BCUT2D eigenvalue weighted by molar-refractivity contribution is -0.122. The van der Waals surface area contributed by atoms with Gasteiger partial charge in [-0.15, -0.1) is 0 Å². The molecule has 1 unspecified atom stereocenters. The van der Waals surface area contributed by atoms with Crippen LogP contribution in [0.15, 0.2) is 0 Å². The molecule has 0 bridgehead atoms. The minimum absolute atomic E-state index is 0.0111. The Labute approximate surface area is 108 Å². The zero-order valence-corrected chi connectivity index (χ0v) is 11.8. The molecule has 17 heavy (non-hydrogen) atoms. The normalized spacial score (nSPS) is 12.2. The first-order valence-electron chi connectivity index (χ1n) is 6.00. The minimum Gasteiger partial charge on any atom is -0.380 e. The number of thioether (sulfide) groups is 1. The maximum absolute atomic E-state index is 11.4. The van der Waals surface area contributed by atoms with Gasteiger partial charge in [0.05, 0.1) is 13.2 Å². The molecular formula is C12H23NO3S. The second kappa shape index (κ2) is 10.6. The fourth-order valence-corrected chi connectivity index (χ4v) is 1.84. The number of carbonyl (C=O) groups excluding carboxylic acids is 2. The topological polar surface area (TPSA) is 55.4 Å². The Hall–Kier alpha value is -0.550. The molecule has 0 aliphatic rings. The second-order valence-electron chi connectivity index (χ2n) is 3.94. The van der Waals surface area contributed by atoms with Crippen molar-refractivity contribution in [3.63, 3.8) is 0 Å². The van der Waals surface area contributed by atoms with Crippen LogP contribution < -0.4 is 5.32 Å². The van der Waals surface area contributed by atoms with Crippen LogP contribution >= 0.6 is 11.8 Å². The SMILES string of the molecule is CCSCC(C)NC(=O)CCOCCC(C)=O. The zero-order chi connectivity index (χ0) is 13.1. The van der Waals surface area contributed by atoms with Crippen molar-refractivity contribution in [2.75, 3.05) is 24.7 Å². The van der Waals surface area contributed by atoms with Crippen molar-refractivity contribution in [1.29, 1.82) is 0 Å². The Bertz CT molecular complexity index is 234. The smallest absolute Gasteiger partial charge is 0.222 e. The lowest BCUT2D eigenvalue weighted by Gasteiger charge is -2.12. The van der Waals surface area contributed by atoms with E-state index in [0.29, 0.717) is 26.1 Å². The Balaban J connectivity index is 3.42. The molecule has 0 fully saturated rings. The van der Waals surface area contributed by atoms with Gasteiger partial charge in [0.15, 0.2) is 0 Å². The fourth-order valence-electron chi connectivity index (χ4n) is 1.17. The largest absolute Gasteiger partial charge is 0.380 e. The lowest BCUT2D eigenvalue weighted by atomic mass is 10.3. The standard InChI is InChI=1S/C12H23NO3S/c1-4-17-9-10(2)13-12(15)6-8-16-7-5-11(3)14/h10H,4-9H2,1-3H3,(H,13,15). The van der Waals surface area contributed by atoms with Crippen LogP contribution in [-0.4, -0.2) is 42.5 Å². The Kier molecular flexibility index (Phi) is 10.3. The van der Waals surface area contributed by atoms with Crippen LogP contribution in [0.2, 0.25) is 0 Å². The Morgan fingerprint density at radius 2 is 1.94 bits per heavy atom. The summed E-state index contributed by atoms with van der Waals surface area (Å²) >= 11 is 1.81. The van der Waals surface area contributed by atoms with E-state index in [0.717, 1.165) is 11.5 Å². The number of rotatable bonds is 10. The first-order valence-corrected chi connectivity index (χ1v) is 7.16. The third-order valence-electron chi connectivity index (χ3n) is 2.05. The summed E-state index contributed by atoms with van der Waals surface area (Å²) in [5.41, 5.74) is 0. The summed E-state index contributed by atoms with van der Waals surface area (Å²) in [5.74, 6) is 2.12. The van der Waals surface area contributed by atoms with Gasteiger partial charge < -0.3 is 10.1 Å². The summed E-state index contributed by atoms with van der Waals surface area (Å²) in [7, 11) is 0. The van der Waals surface area contributed by atoms with E-state index in [1.807, 2.05) is 18.7 Å². The van der Waals surface area contributed by atoms with E-state index < -0.39 is 0 Å². The summed E-state index contributed by atoms with van der Waals surface area (Å²) in [6.45, 7) is 6.42. The summed E-state index contributed by atoms with van der Waals surface area (Å²) in [5, 5.41) is 2.91. The molecule has 100 valence electrons. The van der Waals surface area contributed by atoms with Crippen LogP contribution in [0.4, 0.5) is 0 Å². The van der Waals surface area contributed by atoms with E-state index in [1.165, 1.54) is 6.92 Å². The molecule has 0 aromatic carbocycles. The predicted molar refractivity (Wildman–Crippen MR) is 71.3 cm³/mol. The molecule has 0 aliphatic carbocycles. The van der Waals surface area contributed by atoms with E-state index in [4.69, 9.17) is 4.74 Å². The molecular weight excluding hydrogens is 238 g/mol. The van der Waals surface area contributed by atoms with Crippen molar-refractivity contribution in [3.05, 3.63) is 0 Å². The number of ether oxygens (including phenoxy) is 1. The van der Waals surface area contributed by atoms with Gasteiger partial charge >= 0.3 is 0 Å². The van der Waals surface area contributed by atoms with Gasteiger partial charge in [-0.05, 0) is 19.6 Å². The number of carbonyl (C=O) groups is 2. The average molecular weight is 261 g/mol. The maximum Gasteiger partial charge on any atom is 0.222 e. The van der Waals surface area contributed by atoms with Crippen molar-refractivity contribution < 1.29 is 14.3 Å². The average Bonchev–Trinajstić information content (AvgIpc) is 2.25. The number of nitrogens with one attached hydrogen (secondary N) is 1. The number of hydrogen-bond acceptors (Lipinski definition) is 4. The number of amides is 1. The van der Waals surface area contributed by atoms with Crippen molar-refractivity contribution in [1.82, 2.24) is 5.32 Å². The monoisotopic (exact) mass is 261 g/mol. The molecule has 0 aliphatic heterocycles. The number of ketones is 1. The van der Waals surface area contributed by atoms with Crippen LogP contribution in [-0.2, 0) is 14.3 Å². The van der Waals surface area contributed by atoms with E-state index in [-0.39, 0.29) is 17.7 Å². The molecule has 1 N–H and O–H groups in total. The molecule has 0 heterocycles. The molecule has 0 saturated carbocycles. The van der Waals surface area contributed by atoms with Crippen LogP contribution in [0.5, 0.6) is 0 Å². The molecule has 1 atom stereocenters. The molecule has 0 saturated heterocycles. The molecule has 5 heteroatoms. The summed E-state index contributed by atoms with van der Waals surface area (Å²) in [4.78, 5) is 22.1. The van der Waals surface area contributed by atoms with Gasteiger partial charge in [0.1, 0.15) is 5.78 Å². The molecule has 0 radical (unpaired) electrons. The van der Waals surface area contributed by atoms with E-state index in [1.54, 1.807) is 0 Å². The minimum atomic E-state index is 0.0111. The third kappa shape index (κ3) is 11.7. The molecule has 0 spiro atoms. The van der Waals surface area contributed by atoms with Crippen molar-refractivity contribution >= 4 is 23.5 Å². The van der Waals surface area contributed by atoms with Gasteiger partial charge in [-0.25, -0.2) is 0 Å². The summed E-state index contributed by atoms with van der Waals surface area (Å²) < 4.78 is 5.19. The van der Waals surface area contributed by atoms with Crippen molar-refractivity contribution in [3.8, 4) is 0 Å². The first-order chi connectivity index (χ1) is 8.06. The van der Waals surface area contributed by atoms with Gasteiger partial charge in [0, 0.05) is 24.6 Å². The highest BCUT2D eigenvalue weighted by Gasteiger charge is 2.06. The highest BCUT2D eigenvalue weighted by atomic mass is 32.2. The second-order valence-corrected chi connectivity index (χ2v) is 5.26. The number of Topliss-reactive ketones (excluding diaryl/α,β-unsaturated/α-hetero) is 1. The molecule has 0 aromatic heterocycles. The third-order valence-corrected chi connectivity index (χ3v) is 3.20. The summed E-state index contributed by atoms with van der Waals surface area (Å²) in [6.07, 6.45) is 0.782. The van der Waals surface area contributed by atoms with Gasteiger partial charge in [-0.3, -0.25) is 9.59 Å². The van der Waals surface area contributed by atoms with Crippen LogP contribution in [0, 0.1) is 0 Å². The Morgan fingerprint density at radius 1 is 1.29 bits per heavy atom. The van der Waals surface area contributed by atoms with Gasteiger partial charge in [0.2, 0.25) is 5.91 Å². The summed E-state index contributed by atoms with van der Waals surface area (Å²) in [6, 6.07) is 0.199. The van der Waals surface area contributed by atoms with Gasteiger partial charge in [0.25, 0.3) is 0 Å². The van der Waals surface area contributed by atoms with Crippen LogP contribution in [0.25, 0.3) is 0 Å². The lowest BCUT2D eigenvalue weighted by Crippen LogP contribution is -2.34. The van der Waals surface area contributed by atoms with E-state index >= 15 is 0 Å². The molecule has 4 nitrogen and oxygen atoms in total. The quantitative estimate of drug-likeness (QED) is 0.607. The highest BCUT2D eigenvalue weighted by molar-refractivity contribution is 7.99. The fraction of sp³-hybridized carbons (Fsp3) is 0.833. The van der Waals surface area contributed by atoms with E-state index in [9.17, 15) is 9.59 Å². The Morgan fingerprint density at radius 3 is 2.53 bits per heavy atom. The van der Waals surface area contributed by atoms with Gasteiger partial charge in [-0.1, -0.05) is 6.92 Å². The molecule has 0 aromatic rings. The van der Waals surface area contributed by atoms with Crippen LogP contribution in [0.3, 0.4) is 0 Å². The molecule has 1 amide bonds.